The second-order valence-corrected chi connectivity index (χ2v) is 7.08. The lowest BCUT2D eigenvalue weighted by molar-refractivity contribution is 0.429. The standard InChI is InChI=1S/C15H14O3S2/c1-7(2)13-9(17)6-10(18)14-15(13)19-11-4-3-8(16)5-12(11)20-14/h3-7,16-18H,1-2H3. The summed E-state index contributed by atoms with van der Waals surface area (Å²) >= 11 is 2.94. The fourth-order valence-corrected chi connectivity index (χ4v) is 4.86. The summed E-state index contributed by atoms with van der Waals surface area (Å²) in [6.07, 6.45) is 0. The zero-order valence-electron chi connectivity index (χ0n) is 11.0. The van der Waals surface area contributed by atoms with Gasteiger partial charge < -0.3 is 15.3 Å². The molecule has 20 heavy (non-hydrogen) atoms. The molecule has 1 heterocycles. The molecule has 2 aromatic rings. The molecule has 0 aliphatic carbocycles. The van der Waals surface area contributed by atoms with Crippen molar-refractivity contribution in [3.05, 3.63) is 29.8 Å². The molecule has 0 amide bonds. The molecule has 1 aliphatic rings. The van der Waals surface area contributed by atoms with E-state index in [-0.39, 0.29) is 23.2 Å². The van der Waals surface area contributed by atoms with Crippen molar-refractivity contribution >= 4 is 23.5 Å². The molecular formula is C15H14O3S2. The minimum atomic E-state index is 0.0772. The number of phenols is 3. The van der Waals surface area contributed by atoms with Crippen LogP contribution in [0.15, 0.2) is 43.8 Å². The number of phenolic OH excluding ortho intramolecular Hbond substituents is 3. The molecule has 0 spiro atoms. The van der Waals surface area contributed by atoms with Gasteiger partial charge >= 0.3 is 0 Å². The summed E-state index contributed by atoms with van der Waals surface area (Å²) in [5, 5.41) is 29.7. The molecular weight excluding hydrogens is 292 g/mol. The molecule has 0 atom stereocenters. The van der Waals surface area contributed by atoms with Crippen molar-refractivity contribution in [3.63, 3.8) is 0 Å². The molecule has 1 aliphatic heterocycles. The Morgan fingerprint density at radius 1 is 0.850 bits per heavy atom. The van der Waals surface area contributed by atoms with Gasteiger partial charge in [0, 0.05) is 26.3 Å². The highest BCUT2D eigenvalue weighted by molar-refractivity contribution is 8.05. The van der Waals surface area contributed by atoms with Crippen molar-refractivity contribution in [2.45, 2.75) is 39.3 Å². The van der Waals surface area contributed by atoms with Crippen molar-refractivity contribution < 1.29 is 15.3 Å². The van der Waals surface area contributed by atoms with Gasteiger partial charge in [-0.1, -0.05) is 37.4 Å². The molecule has 0 aromatic heterocycles. The fourth-order valence-electron chi connectivity index (χ4n) is 2.27. The smallest absolute Gasteiger partial charge is 0.134 e. The van der Waals surface area contributed by atoms with Gasteiger partial charge in [0.05, 0.1) is 4.90 Å². The van der Waals surface area contributed by atoms with Crippen LogP contribution in [0, 0.1) is 0 Å². The first kappa shape index (κ1) is 13.5. The van der Waals surface area contributed by atoms with Gasteiger partial charge in [0.25, 0.3) is 0 Å². The average molecular weight is 306 g/mol. The van der Waals surface area contributed by atoms with Crippen LogP contribution >= 0.6 is 23.5 Å². The minimum Gasteiger partial charge on any atom is -0.508 e. The van der Waals surface area contributed by atoms with E-state index in [1.54, 1.807) is 12.1 Å². The zero-order chi connectivity index (χ0) is 14.4. The summed E-state index contributed by atoms with van der Waals surface area (Å²) < 4.78 is 0. The van der Waals surface area contributed by atoms with Gasteiger partial charge in [-0.05, 0) is 24.1 Å². The first-order valence-corrected chi connectivity index (χ1v) is 7.88. The second kappa shape index (κ2) is 4.82. The first-order chi connectivity index (χ1) is 9.47. The topological polar surface area (TPSA) is 60.7 Å². The van der Waals surface area contributed by atoms with Gasteiger partial charge in [-0.2, -0.15) is 0 Å². The molecule has 0 saturated carbocycles. The normalized spacial score (nSPS) is 13.2. The van der Waals surface area contributed by atoms with E-state index >= 15 is 0 Å². The van der Waals surface area contributed by atoms with Crippen LogP contribution in [0.2, 0.25) is 0 Å². The number of hydrogen-bond acceptors (Lipinski definition) is 5. The van der Waals surface area contributed by atoms with Crippen LogP contribution in [0.1, 0.15) is 25.3 Å². The maximum Gasteiger partial charge on any atom is 0.134 e. The Morgan fingerprint density at radius 2 is 1.55 bits per heavy atom. The van der Waals surface area contributed by atoms with Crippen LogP contribution in [0.25, 0.3) is 0 Å². The molecule has 3 rings (SSSR count). The Balaban J connectivity index is 2.20. The van der Waals surface area contributed by atoms with Crippen molar-refractivity contribution in [2.24, 2.45) is 0 Å². The molecule has 3 N–H and O–H groups in total. The van der Waals surface area contributed by atoms with E-state index in [1.165, 1.54) is 29.6 Å². The van der Waals surface area contributed by atoms with E-state index in [0.29, 0.717) is 0 Å². The molecule has 5 heteroatoms. The molecule has 0 radical (unpaired) electrons. The predicted octanol–water partition coefficient (Wildman–Crippen LogP) is 4.54. The Morgan fingerprint density at radius 3 is 2.25 bits per heavy atom. The molecule has 3 nitrogen and oxygen atoms in total. The van der Waals surface area contributed by atoms with Gasteiger partial charge in [-0.3, -0.25) is 0 Å². The van der Waals surface area contributed by atoms with E-state index < -0.39 is 0 Å². The van der Waals surface area contributed by atoms with E-state index in [2.05, 4.69) is 0 Å². The number of benzene rings is 2. The van der Waals surface area contributed by atoms with Gasteiger partial charge in [-0.15, -0.1) is 0 Å². The third-order valence-corrected chi connectivity index (χ3v) is 5.80. The third-order valence-electron chi connectivity index (χ3n) is 3.16. The summed E-state index contributed by atoms with van der Waals surface area (Å²) in [6, 6.07) is 6.60. The van der Waals surface area contributed by atoms with Crippen molar-refractivity contribution in [3.8, 4) is 17.2 Å². The van der Waals surface area contributed by atoms with E-state index in [0.717, 1.165) is 25.1 Å². The maximum atomic E-state index is 10.1. The third kappa shape index (κ3) is 2.11. The monoisotopic (exact) mass is 306 g/mol. The SMILES string of the molecule is CC(C)c1c(O)cc(O)c2c1Sc1ccc(O)cc1S2. The first-order valence-electron chi connectivity index (χ1n) is 6.25. The van der Waals surface area contributed by atoms with Crippen LogP contribution in [-0.4, -0.2) is 15.3 Å². The molecule has 104 valence electrons. The van der Waals surface area contributed by atoms with Gasteiger partial charge in [0.1, 0.15) is 17.2 Å². The summed E-state index contributed by atoms with van der Waals surface area (Å²) in [5.41, 5.74) is 0.856. The Labute approximate surface area is 125 Å². The van der Waals surface area contributed by atoms with Crippen molar-refractivity contribution in [2.75, 3.05) is 0 Å². The number of hydrogen-bond donors (Lipinski definition) is 3. The molecule has 0 bridgehead atoms. The largest absolute Gasteiger partial charge is 0.508 e. The second-order valence-electron chi connectivity index (χ2n) is 4.98. The molecule has 0 saturated heterocycles. The summed E-state index contributed by atoms with van der Waals surface area (Å²) in [4.78, 5) is 3.58. The maximum absolute atomic E-state index is 10.1. The lowest BCUT2D eigenvalue weighted by Gasteiger charge is -2.24. The number of fused-ring (bicyclic) bond motifs is 2. The van der Waals surface area contributed by atoms with Gasteiger partial charge in [-0.25, -0.2) is 0 Å². The van der Waals surface area contributed by atoms with Gasteiger partial charge in [0.2, 0.25) is 0 Å². The molecule has 0 unspecified atom stereocenters. The van der Waals surface area contributed by atoms with Crippen molar-refractivity contribution in [1.29, 1.82) is 0 Å². The summed E-state index contributed by atoms with van der Waals surface area (Å²) in [7, 11) is 0. The summed E-state index contributed by atoms with van der Waals surface area (Å²) in [5.74, 6) is 0.582. The van der Waals surface area contributed by atoms with Gasteiger partial charge in [0.15, 0.2) is 0 Å². The average Bonchev–Trinajstić information content (AvgIpc) is 2.36. The van der Waals surface area contributed by atoms with Crippen LogP contribution in [0.3, 0.4) is 0 Å². The van der Waals surface area contributed by atoms with E-state index in [9.17, 15) is 15.3 Å². The predicted molar refractivity (Wildman–Crippen MR) is 80.2 cm³/mol. The Hall–Kier alpha value is -1.46. The highest BCUT2D eigenvalue weighted by Gasteiger charge is 2.26. The van der Waals surface area contributed by atoms with Crippen LogP contribution in [0.4, 0.5) is 0 Å². The molecule has 2 aromatic carbocycles. The quantitative estimate of drug-likeness (QED) is 0.616. The van der Waals surface area contributed by atoms with Crippen LogP contribution < -0.4 is 0 Å². The zero-order valence-corrected chi connectivity index (χ0v) is 12.7. The molecule has 0 fully saturated rings. The minimum absolute atomic E-state index is 0.0772. The lowest BCUT2D eigenvalue weighted by atomic mass is 10.0. The Kier molecular flexibility index (Phi) is 3.26. The van der Waals surface area contributed by atoms with E-state index in [1.807, 2.05) is 19.9 Å². The number of aromatic hydroxyl groups is 3. The highest BCUT2D eigenvalue weighted by Crippen LogP contribution is 2.56. The highest BCUT2D eigenvalue weighted by atomic mass is 32.2. The number of rotatable bonds is 1. The Bertz CT molecular complexity index is 696. The van der Waals surface area contributed by atoms with E-state index in [4.69, 9.17) is 0 Å². The lowest BCUT2D eigenvalue weighted by Crippen LogP contribution is -1.98. The van der Waals surface area contributed by atoms with Crippen molar-refractivity contribution in [1.82, 2.24) is 0 Å². The summed E-state index contributed by atoms with van der Waals surface area (Å²) in [6.45, 7) is 4.04. The van der Waals surface area contributed by atoms with Crippen LogP contribution in [0.5, 0.6) is 17.2 Å². The van der Waals surface area contributed by atoms with Crippen LogP contribution in [-0.2, 0) is 0 Å². The fraction of sp³-hybridized carbons (Fsp3) is 0.200.